The highest BCUT2D eigenvalue weighted by atomic mass is 32.1. The first kappa shape index (κ1) is 15.6. The van der Waals surface area contributed by atoms with E-state index in [1.165, 1.54) is 12.8 Å². The van der Waals surface area contributed by atoms with Crippen molar-refractivity contribution in [3.8, 4) is 0 Å². The van der Waals surface area contributed by atoms with Gasteiger partial charge < -0.3 is 9.80 Å². The van der Waals surface area contributed by atoms with E-state index in [0.717, 1.165) is 47.4 Å². The summed E-state index contributed by atoms with van der Waals surface area (Å²) in [6.45, 7) is 1.56. The highest BCUT2D eigenvalue weighted by Gasteiger charge is 2.34. The van der Waals surface area contributed by atoms with Gasteiger partial charge in [-0.05, 0) is 43.2 Å². The zero-order chi connectivity index (χ0) is 17.7. The molecule has 8 heteroatoms. The monoisotopic (exact) mass is 366 g/mol. The van der Waals surface area contributed by atoms with E-state index in [1.807, 2.05) is 36.2 Å². The van der Waals surface area contributed by atoms with Crippen LogP contribution >= 0.6 is 11.7 Å². The lowest BCUT2D eigenvalue weighted by Gasteiger charge is -2.44. The van der Waals surface area contributed by atoms with E-state index in [2.05, 4.69) is 29.9 Å². The summed E-state index contributed by atoms with van der Waals surface area (Å²) in [5.41, 5.74) is 3.36. The van der Waals surface area contributed by atoms with Crippen LogP contribution in [0.1, 0.15) is 34.8 Å². The molecule has 132 valence electrons. The van der Waals surface area contributed by atoms with Gasteiger partial charge in [0.15, 0.2) is 5.82 Å². The summed E-state index contributed by atoms with van der Waals surface area (Å²) in [4.78, 5) is 16.7. The zero-order valence-corrected chi connectivity index (χ0v) is 15.2. The highest BCUT2D eigenvalue weighted by molar-refractivity contribution is 7.00. The van der Waals surface area contributed by atoms with Crippen molar-refractivity contribution in [1.29, 1.82) is 0 Å². The predicted molar refractivity (Wildman–Crippen MR) is 99.5 cm³/mol. The Morgan fingerprint density at radius 1 is 1.12 bits per heavy atom. The average Bonchev–Trinajstić information content (AvgIpc) is 3.37. The number of carbonyl (C=O) groups is 1. The van der Waals surface area contributed by atoms with Crippen molar-refractivity contribution in [3.63, 3.8) is 0 Å². The van der Waals surface area contributed by atoms with E-state index < -0.39 is 0 Å². The van der Waals surface area contributed by atoms with Crippen LogP contribution in [0.2, 0.25) is 0 Å². The Hall–Kier alpha value is -2.61. The summed E-state index contributed by atoms with van der Waals surface area (Å²) >= 11 is 1.16. The van der Waals surface area contributed by atoms with Gasteiger partial charge in [0.1, 0.15) is 11.0 Å². The van der Waals surface area contributed by atoms with Crippen molar-refractivity contribution in [1.82, 2.24) is 23.8 Å². The minimum absolute atomic E-state index is 0.0136. The van der Waals surface area contributed by atoms with Gasteiger partial charge in [-0.25, -0.2) is 0 Å². The van der Waals surface area contributed by atoms with Crippen molar-refractivity contribution in [2.45, 2.75) is 24.8 Å². The molecule has 0 radical (unpaired) electrons. The summed E-state index contributed by atoms with van der Waals surface area (Å²) in [7, 11) is 1.86. The quantitative estimate of drug-likeness (QED) is 0.705. The molecule has 1 saturated carbocycles. The number of fused-ring (bicyclic) bond motifs is 1. The fourth-order valence-corrected chi connectivity index (χ4v) is 3.79. The van der Waals surface area contributed by atoms with E-state index >= 15 is 0 Å². The molecule has 2 aliphatic rings. The lowest BCUT2D eigenvalue weighted by molar-refractivity contribution is 0.0705. The molecule has 0 unspecified atom stereocenters. The maximum absolute atomic E-state index is 12.7. The molecule has 5 rings (SSSR count). The Balaban J connectivity index is 1.24. The number of nitrogens with zero attached hydrogens (tertiary/aromatic N) is 6. The van der Waals surface area contributed by atoms with E-state index in [-0.39, 0.29) is 11.9 Å². The van der Waals surface area contributed by atoms with E-state index in [9.17, 15) is 4.79 Å². The molecule has 2 fully saturated rings. The molecule has 1 saturated heterocycles. The fraction of sp³-hybridized carbons (Fsp3) is 0.389. The molecule has 0 bridgehead atoms. The van der Waals surface area contributed by atoms with Crippen LogP contribution in [0.5, 0.6) is 0 Å². The molecule has 1 aromatic carbocycles. The second kappa shape index (κ2) is 5.98. The molecule has 3 heterocycles. The van der Waals surface area contributed by atoms with Gasteiger partial charge in [-0.2, -0.15) is 13.8 Å². The first-order valence-electron chi connectivity index (χ1n) is 8.77. The summed E-state index contributed by atoms with van der Waals surface area (Å²) in [5.74, 6) is 1.52. The molecule has 0 spiro atoms. The molecule has 1 amide bonds. The van der Waals surface area contributed by atoms with Crippen molar-refractivity contribution >= 4 is 34.5 Å². The van der Waals surface area contributed by atoms with Crippen molar-refractivity contribution in [3.05, 3.63) is 41.6 Å². The lowest BCUT2D eigenvalue weighted by Crippen LogP contribution is -2.60. The lowest BCUT2D eigenvalue weighted by atomic mass is 10.1. The molecular weight excluding hydrogens is 348 g/mol. The normalized spacial score (nSPS) is 17.3. The summed E-state index contributed by atoms with van der Waals surface area (Å²) in [5, 5.41) is 8.68. The van der Waals surface area contributed by atoms with Crippen LogP contribution in [-0.2, 0) is 0 Å². The topological polar surface area (TPSA) is 75.1 Å². The number of amides is 1. The van der Waals surface area contributed by atoms with Gasteiger partial charge in [0.25, 0.3) is 5.91 Å². The number of carbonyl (C=O) groups excluding carboxylic acids is 1. The van der Waals surface area contributed by atoms with Crippen LogP contribution in [0.3, 0.4) is 0 Å². The third kappa shape index (κ3) is 2.70. The van der Waals surface area contributed by atoms with Gasteiger partial charge in [-0.15, -0.1) is 5.10 Å². The van der Waals surface area contributed by atoms with Crippen LogP contribution in [0.4, 0.5) is 5.82 Å². The number of hydrogen-bond donors (Lipinski definition) is 0. The SMILES string of the molecule is CN(C(=O)c1ccc2nsnc2c1)C1CN(c2ccc(C3CC3)nn2)C1. The third-order valence-corrected chi connectivity index (χ3v) is 5.78. The number of rotatable bonds is 4. The van der Waals surface area contributed by atoms with Gasteiger partial charge >= 0.3 is 0 Å². The number of hydrogen-bond acceptors (Lipinski definition) is 7. The molecule has 3 aromatic rings. The fourth-order valence-electron chi connectivity index (χ4n) is 3.27. The average molecular weight is 366 g/mol. The van der Waals surface area contributed by atoms with Gasteiger partial charge in [0.05, 0.1) is 23.5 Å². The second-order valence-corrected chi connectivity index (χ2v) is 7.56. The predicted octanol–water partition coefficient (Wildman–Crippen LogP) is 2.32. The molecule has 1 aliphatic carbocycles. The Kier molecular flexibility index (Phi) is 3.59. The van der Waals surface area contributed by atoms with Crippen molar-refractivity contribution in [2.24, 2.45) is 0 Å². The molecule has 0 atom stereocenters. The van der Waals surface area contributed by atoms with Gasteiger partial charge in [0.2, 0.25) is 0 Å². The van der Waals surface area contributed by atoms with E-state index in [1.54, 1.807) is 0 Å². The number of benzene rings is 1. The van der Waals surface area contributed by atoms with Gasteiger partial charge in [-0.1, -0.05) is 0 Å². The van der Waals surface area contributed by atoms with Gasteiger partial charge in [0, 0.05) is 31.6 Å². The molecular formula is C18H18N6OS. The first-order chi connectivity index (χ1) is 12.7. The van der Waals surface area contributed by atoms with E-state index in [4.69, 9.17) is 0 Å². The van der Waals surface area contributed by atoms with Crippen molar-refractivity contribution in [2.75, 3.05) is 25.0 Å². The van der Waals surface area contributed by atoms with Crippen LogP contribution in [0.25, 0.3) is 11.0 Å². The Morgan fingerprint density at radius 3 is 2.65 bits per heavy atom. The third-order valence-electron chi connectivity index (χ3n) is 5.22. The first-order valence-corrected chi connectivity index (χ1v) is 9.50. The summed E-state index contributed by atoms with van der Waals surface area (Å²) in [6.07, 6.45) is 2.46. The Bertz CT molecular complexity index is 961. The largest absolute Gasteiger partial charge is 0.351 e. The minimum Gasteiger partial charge on any atom is -0.351 e. The standard InChI is InChI=1S/C18H18N6OS/c1-23(18(25)12-4-5-15-16(8-12)22-26-21-15)13-9-24(10-13)17-7-6-14(19-20-17)11-2-3-11/h4-8,11,13H,2-3,9-10H2,1H3. The maximum Gasteiger partial charge on any atom is 0.254 e. The molecule has 2 aromatic heterocycles. The van der Waals surface area contributed by atoms with Crippen LogP contribution in [0, 0.1) is 0 Å². The number of anilines is 1. The second-order valence-electron chi connectivity index (χ2n) is 7.03. The zero-order valence-electron chi connectivity index (χ0n) is 14.4. The smallest absolute Gasteiger partial charge is 0.254 e. The van der Waals surface area contributed by atoms with Gasteiger partial charge in [-0.3, -0.25) is 4.79 Å². The number of aromatic nitrogens is 4. The summed E-state index contributed by atoms with van der Waals surface area (Å²) < 4.78 is 8.39. The molecule has 26 heavy (non-hydrogen) atoms. The van der Waals surface area contributed by atoms with Crippen molar-refractivity contribution < 1.29 is 4.79 Å². The molecule has 7 nitrogen and oxygen atoms in total. The van der Waals surface area contributed by atoms with Crippen LogP contribution in [-0.4, -0.2) is 55.9 Å². The number of likely N-dealkylation sites (N-methyl/N-ethyl adjacent to an activating group) is 1. The van der Waals surface area contributed by atoms with Crippen LogP contribution in [0.15, 0.2) is 30.3 Å². The van der Waals surface area contributed by atoms with Crippen LogP contribution < -0.4 is 4.90 Å². The minimum atomic E-state index is 0.0136. The Labute approximate surface area is 155 Å². The molecule has 0 N–H and O–H groups in total. The van der Waals surface area contributed by atoms with E-state index in [0.29, 0.717) is 11.5 Å². The maximum atomic E-state index is 12.7. The molecule has 1 aliphatic heterocycles. The highest BCUT2D eigenvalue weighted by Crippen LogP contribution is 2.38. The Morgan fingerprint density at radius 2 is 1.92 bits per heavy atom. The summed E-state index contributed by atoms with van der Waals surface area (Å²) in [6, 6.07) is 9.79.